The number of aliphatic carboxylic acids is 1. The summed E-state index contributed by atoms with van der Waals surface area (Å²) in [6, 6.07) is 5.72. The summed E-state index contributed by atoms with van der Waals surface area (Å²) in [7, 11) is -3.59. The minimum atomic E-state index is -4.55. The fourth-order valence-corrected chi connectivity index (χ4v) is 3.43. The molecule has 0 aliphatic carbocycles. The molecule has 3 N–H and O–H groups in total. The van der Waals surface area contributed by atoms with Crippen molar-refractivity contribution >= 4 is 33.6 Å². The molecule has 2 aromatic rings. The second-order valence-corrected chi connectivity index (χ2v) is 7.49. The minimum absolute atomic E-state index is 0.0413. The summed E-state index contributed by atoms with van der Waals surface area (Å²) in [6.07, 6.45) is -0.263. The lowest BCUT2D eigenvalue weighted by molar-refractivity contribution is -0.136. The maximum Gasteiger partial charge on any atom is 0.340 e. The first kappa shape index (κ1) is 22.7. The van der Waals surface area contributed by atoms with Crippen molar-refractivity contribution in [2.75, 3.05) is 18.4 Å². The average molecular weight is 442 g/mol. The van der Waals surface area contributed by atoms with Crippen LogP contribution in [0.3, 0.4) is 0 Å². The first-order valence-electron chi connectivity index (χ1n) is 8.25. The van der Waals surface area contributed by atoms with E-state index in [-0.39, 0.29) is 30.3 Å². The van der Waals surface area contributed by atoms with E-state index in [1.807, 2.05) is 0 Å². The van der Waals surface area contributed by atoms with Crippen molar-refractivity contribution in [3.8, 4) is 0 Å². The monoisotopic (exact) mass is 442 g/mol. The Balaban J connectivity index is 2.20. The van der Waals surface area contributed by atoms with Gasteiger partial charge >= 0.3 is 11.9 Å². The fraction of sp³-hybridized carbons (Fsp3) is 0.167. The van der Waals surface area contributed by atoms with Gasteiger partial charge in [-0.1, -0.05) is 0 Å². The maximum absolute atomic E-state index is 14.0. The number of methoxy groups -OCH3 is 1. The van der Waals surface area contributed by atoms with Crippen LogP contribution in [0.2, 0.25) is 0 Å². The Morgan fingerprint density at radius 1 is 1.07 bits per heavy atom. The predicted octanol–water partition coefficient (Wildman–Crippen LogP) is 1.76. The summed E-state index contributed by atoms with van der Waals surface area (Å²) >= 11 is 0. The molecule has 0 unspecified atom stereocenters. The number of nitrogens with one attached hydrogen (secondary N) is 2. The highest BCUT2D eigenvalue weighted by atomic mass is 32.2. The number of carboxylic acids is 1. The van der Waals surface area contributed by atoms with Gasteiger partial charge in [-0.2, -0.15) is 0 Å². The number of anilines is 1. The molecule has 0 spiro atoms. The molecule has 2 rings (SSSR count). The van der Waals surface area contributed by atoms with E-state index < -0.39 is 50.0 Å². The Morgan fingerprint density at radius 2 is 1.70 bits per heavy atom. The molecule has 0 fully saturated rings. The zero-order valence-corrected chi connectivity index (χ0v) is 16.3. The standard InChI is InChI=1S/C18H16F2N2O7S/c1-29-18(26)12-8-15(14(20)9-13(12)19)30(27,28)22-11-4-2-10(3-5-11)17(25)21-7-6-16(23)24/h2-5,8-9,22H,6-7H2,1H3,(H,21,25)(H,23,24). The summed E-state index contributed by atoms with van der Waals surface area (Å²) < 4.78 is 59.0. The molecular formula is C18H16F2N2O7S. The van der Waals surface area contributed by atoms with E-state index in [1.54, 1.807) is 0 Å². The molecule has 1 amide bonds. The van der Waals surface area contributed by atoms with Gasteiger partial charge in [0.2, 0.25) is 0 Å². The van der Waals surface area contributed by atoms with Gasteiger partial charge in [-0.15, -0.1) is 0 Å². The van der Waals surface area contributed by atoms with Crippen molar-refractivity contribution in [3.63, 3.8) is 0 Å². The van der Waals surface area contributed by atoms with Crippen molar-refractivity contribution in [1.29, 1.82) is 0 Å². The van der Waals surface area contributed by atoms with Crippen molar-refractivity contribution in [1.82, 2.24) is 5.32 Å². The number of ether oxygens (including phenoxy) is 1. The van der Waals surface area contributed by atoms with Crippen LogP contribution >= 0.6 is 0 Å². The highest BCUT2D eigenvalue weighted by molar-refractivity contribution is 7.92. The molecule has 160 valence electrons. The highest BCUT2D eigenvalue weighted by Crippen LogP contribution is 2.23. The summed E-state index contributed by atoms with van der Waals surface area (Å²) in [5.74, 6) is -5.53. The maximum atomic E-state index is 14.0. The number of carbonyl (C=O) groups excluding carboxylic acids is 2. The molecule has 0 heterocycles. The van der Waals surface area contributed by atoms with Gasteiger partial charge in [-0.25, -0.2) is 22.0 Å². The van der Waals surface area contributed by atoms with Gasteiger partial charge in [-0.05, 0) is 30.3 Å². The molecule has 0 aromatic heterocycles. The number of esters is 1. The van der Waals surface area contributed by atoms with Crippen LogP contribution in [0.4, 0.5) is 14.5 Å². The van der Waals surface area contributed by atoms with Crippen LogP contribution < -0.4 is 10.0 Å². The van der Waals surface area contributed by atoms with E-state index in [4.69, 9.17) is 5.11 Å². The lowest BCUT2D eigenvalue weighted by Crippen LogP contribution is -2.26. The molecule has 9 nitrogen and oxygen atoms in total. The molecule has 0 aliphatic rings. The van der Waals surface area contributed by atoms with Gasteiger partial charge in [0, 0.05) is 23.9 Å². The number of benzene rings is 2. The van der Waals surface area contributed by atoms with Crippen molar-refractivity contribution < 1.29 is 41.4 Å². The van der Waals surface area contributed by atoms with E-state index in [0.29, 0.717) is 6.07 Å². The summed E-state index contributed by atoms with van der Waals surface area (Å²) in [4.78, 5) is 32.9. The molecule has 0 aliphatic heterocycles. The number of hydrogen-bond donors (Lipinski definition) is 3. The van der Waals surface area contributed by atoms with E-state index in [9.17, 15) is 31.6 Å². The Hall–Kier alpha value is -3.54. The van der Waals surface area contributed by atoms with Crippen molar-refractivity contribution in [2.24, 2.45) is 0 Å². The third kappa shape index (κ3) is 5.50. The second-order valence-electron chi connectivity index (χ2n) is 5.84. The van der Waals surface area contributed by atoms with Crippen LogP contribution in [0, 0.1) is 11.6 Å². The summed E-state index contributed by atoms with van der Waals surface area (Å²) in [5, 5.41) is 10.9. The van der Waals surface area contributed by atoms with Gasteiger partial charge in [-0.3, -0.25) is 14.3 Å². The van der Waals surface area contributed by atoms with E-state index in [1.165, 1.54) is 24.3 Å². The van der Waals surface area contributed by atoms with E-state index in [0.717, 1.165) is 7.11 Å². The SMILES string of the molecule is COC(=O)c1cc(S(=O)(=O)Nc2ccc(C(=O)NCCC(=O)O)cc2)c(F)cc1F. The third-order valence-electron chi connectivity index (χ3n) is 3.74. The average Bonchev–Trinajstić information content (AvgIpc) is 2.67. The van der Waals surface area contributed by atoms with Crippen LogP contribution in [-0.2, 0) is 19.6 Å². The van der Waals surface area contributed by atoms with Gasteiger partial charge < -0.3 is 15.2 Å². The Labute approximate surface area is 169 Å². The summed E-state index contributed by atoms with van der Waals surface area (Å²) in [5.41, 5.74) is -0.669. The third-order valence-corrected chi connectivity index (χ3v) is 5.14. The van der Waals surface area contributed by atoms with Gasteiger partial charge in [0.15, 0.2) is 0 Å². The van der Waals surface area contributed by atoms with Crippen LogP contribution in [0.5, 0.6) is 0 Å². The molecule has 0 saturated heterocycles. The Bertz CT molecular complexity index is 1090. The molecule has 0 atom stereocenters. The largest absolute Gasteiger partial charge is 0.481 e. The number of carbonyl (C=O) groups is 3. The Morgan fingerprint density at radius 3 is 2.27 bits per heavy atom. The fourth-order valence-electron chi connectivity index (χ4n) is 2.29. The predicted molar refractivity (Wildman–Crippen MR) is 99.5 cm³/mol. The molecule has 30 heavy (non-hydrogen) atoms. The smallest absolute Gasteiger partial charge is 0.340 e. The number of rotatable bonds is 8. The molecular weight excluding hydrogens is 426 g/mol. The molecule has 2 aromatic carbocycles. The number of amides is 1. The topological polar surface area (TPSA) is 139 Å². The van der Waals surface area contributed by atoms with Gasteiger partial charge in [0.1, 0.15) is 16.5 Å². The van der Waals surface area contributed by atoms with Crippen molar-refractivity contribution in [3.05, 3.63) is 59.2 Å². The van der Waals surface area contributed by atoms with Gasteiger partial charge in [0.05, 0.1) is 19.1 Å². The number of carboxylic acid groups (broad SMARTS) is 1. The van der Waals surface area contributed by atoms with Crippen molar-refractivity contribution in [2.45, 2.75) is 11.3 Å². The summed E-state index contributed by atoms with van der Waals surface area (Å²) in [6.45, 7) is -0.0884. The molecule has 0 bridgehead atoms. The van der Waals surface area contributed by atoms with Crippen LogP contribution in [0.1, 0.15) is 27.1 Å². The number of hydrogen-bond acceptors (Lipinski definition) is 6. The quantitative estimate of drug-likeness (QED) is 0.530. The van der Waals surface area contributed by atoms with E-state index >= 15 is 0 Å². The zero-order chi connectivity index (χ0) is 22.5. The highest BCUT2D eigenvalue weighted by Gasteiger charge is 2.25. The Kier molecular flexibility index (Phi) is 7.06. The number of sulfonamides is 1. The lowest BCUT2D eigenvalue weighted by atomic mass is 10.2. The molecule has 0 saturated carbocycles. The van der Waals surface area contributed by atoms with Crippen LogP contribution in [0.25, 0.3) is 0 Å². The van der Waals surface area contributed by atoms with Crippen LogP contribution in [-0.4, -0.2) is 45.0 Å². The zero-order valence-electron chi connectivity index (χ0n) is 15.4. The lowest BCUT2D eigenvalue weighted by Gasteiger charge is -2.11. The van der Waals surface area contributed by atoms with E-state index in [2.05, 4.69) is 14.8 Å². The number of halogens is 2. The first-order chi connectivity index (χ1) is 14.0. The minimum Gasteiger partial charge on any atom is -0.481 e. The second kappa shape index (κ2) is 9.31. The van der Waals surface area contributed by atoms with Gasteiger partial charge in [0.25, 0.3) is 15.9 Å². The first-order valence-corrected chi connectivity index (χ1v) is 9.73. The normalized spacial score (nSPS) is 10.9. The van der Waals surface area contributed by atoms with Crippen LogP contribution in [0.15, 0.2) is 41.3 Å². The molecule has 12 heteroatoms. The molecule has 0 radical (unpaired) electrons.